The molecule has 3 nitrogen and oxygen atoms in total. The van der Waals surface area contributed by atoms with E-state index >= 15 is 0 Å². The van der Waals surface area contributed by atoms with Crippen LogP contribution in [-0.2, 0) is 9.63 Å². The molecule has 88 valence electrons. The summed E-state index contributed by atoms with van der Waals surface area (Å²) in [5.74, 6) is -0.443. The maximum Gasteiger partial charge on any atom is 0.331 e. The fourth-order valence-electron chi connectivity index (χ4n) is 1.02. The van der Waals surface area contributed by atoms with Gasteiger partial charge in [0, 0.05) is 11.9 Å². The number of hydrogen-bond donors (Lipinski definition) is 0. The van der Waals surface area contributed by atoms with Crippen molar-refractivity contribution in [1.82, 2.24) is 0 Å². The van der Waals surface area contributed by atoms with Gasteiger partial charge < -0.3 is 4.84 Å². The van der Waals surface area contributed by atoms with Crippen LogP contribution in [0.3, 0.4) is 0 Å². The Morgan fingerprint density at radius 1 is 1.29 bits per heavy atom. The number of nitrogens with zero attached hydrogens (tertiary/aromatic N) is 1. The highest BCUT2D eigenvalue weighted by molar-refractivity contribution is 6.32. The maximum atomic E-state index is 10.4. The van der Waals surface area contributed by atoms with Gasteiger partial charge in [0.15, 0.2) is 0 Å². The number of halogens is 1. The topological polar surface area (TPSA) is 38.7 Å². The van der Waals surface area contributed by atoms with E-state index in [-0.39, 0.29) is 0 Å². The summed E-state index contributed by atoms with van der Waals surface area (Å²) in [7, 11) is 0. The van der Waals surface area contributed by atoms with Crippen LogP contribution < -0.4 is 0 Å². The first-order valence-corrected chi connectivity index (χ1v) is 5.37. The van der Waals surface area contributed by atoms with Crippen molar-refractivity contribution in [3.63, 3.8) is 0 Å². The molecule has 1 aromatic carbocycles. The lowest BCUT2D eigenvalue weighted by Gasteiger charge is -1.94. The minimum atomic E-state index is -0.443. The summed E-state index contributed by atoms with van der Waals surface area (Å²) in [4.78, 5) is 14.7. The van der Waals surface area contributed by atoms with Crippen LogP contribution >= 0.6 is 11.6 Å². The maximum absolute atomic E-state index is 10.4. The molecule has 0 saturated heterocycles. The van der Waals surface area contributed by atoms with E-state index in [1.165, 1.54) is 13.1 Å². The second-order valence-corrected chi connectivity index (χ2v) is 3.51. The van der Waals surface area contributed by atoms with Gasteiger partial charge >= 0.3 is 5.97 Å². The second kappa shape index (κ2) is 7.41. The molecule has 0 spiro atoms. The molecule has 0 amide bonds. The lowest BCUT2D eigenvalue weighted by atomic mass is 10.2. The van der Waals surface area contributed by atoms with Gasteiger partial charge in [-0.1, -0.05) is 53.2 Å². The first-order valence-electron chi connectivity index (χ1n) is 4.99. The summed E-state index contributed by atoms with van der Waals surface area (Å²) < 4.78 is 0. The van der Waals surface area contributed by atoms with Crippen LogP contribution in [0, 0.1) is 0 Å². The van der Waals surface area contributed by atoms with Gasteiger partial charge in [0.05, 0.1) is 6.21 Å². The largest absolute Gasteiger partial charge is 0.331 e. The van der Waals surface area contributed by atoms with Crippen LogP contribution in [0.1, 0.15) is 12.5 Å². The Morgan fingerprint density at radius 3 is 2.76 bits per heavy atom. The number of carbonyl (C=O) groups is 1. The summed E-state index contributed by atoms with van der Waals surface area (Å²) in [5, 5.41) is 4.11. The average Bonchev–Trinajstić information content (AvgIpc) is 2.30. The molecular formula is C13H12ClNO2. The van der Waals surface area contributed by atoms with Crippen molar-refractivity contribution < 1.29 is 9.63 Å². The molecule has 0 saturated carbocycles. The van der Waals surface area contributed by atoms with Crippen molar-refractivity contribution in [1.29, 1.82) is 0 Å². The highest BCUT2D eigenvalue weighted by Gasteiger charge is 1.91. The summed E-state index contributed by atoms with van der Waals surface area (Å²) in [5.41, 5.74) is 0.941. The molecule has 0 N–H and O–H groups in total. The van der Waals surface area contributed by atoms with Gasteiger partial charge in [-0.2, -0.15) is 0 Å². The SMILES string of the molecule is CC(=O)O/N=C/C=C\C=C\c1ccccc1Cl. The lowest BCUT2D eigenvalue weighted by Crippen LogP contribution is -1.89. The van der Waals surface area contributed by atoms with E-state index < -0.39 is 5.97 Å². The first-order chi connectivity index (χ1) is 8.20. The third-order valence-corrected chi connectivity index (χ3v) is 2.08. The fourth-order valence-corrected chi connectivity index (χ4v) is 1.22. The molecule has 0 aliphatic heterocycles. The molecule has 4 heteroatoms. The van der Waals surface area contributed by atoms with E-state index in [1.807, 2.05) is 36.4 Å². The van der Waals surface area contributed by atoms with Crippen LogP contribution in [0.2, 0.25) is 5.02 Å². The molecule has 0 aliphatic rings. The number of oxime groups is 1. The van der Waals surface area contributed by atoms with Crippen LogP contribution in [0.5, 0.6) is 0 Å². The van der Waals surface area contributed by atoms with Gasteiger partial charge in [-0.25, -0.2) is 4.79 Å². The van der Waals surface area contributed by atoms with E-state index in [1.54, 1.807) is 12.2 Å². The monoisotopic (exact) mass is 249 g/mol. The third kappa shape index (κ3) is 5.68. The fraction of sp³-hybridized carbons (Fsp3) is 0.0769. The van der Waals surface area contributed by atoms with Gasteiger partial charge in [0.25, 0.3) is 0 Å². The Bertz CT molecular complexity index is 464. The Kier molecular flexibility index (Phi) is 5.75. The van der Waals surface area contributed by atoms with Crippen molar-refractivity contribution in [3.05, 3.63) is 53.1 Å². The van der Waals surface area contributed by atoms with E-state index in [9.17, 15) is 4.79 Å². The van der Waals surface area contributed by atoms with Gasteiger partial charge in [0.2, 0.25) is 0 Å². The predicted octanol–water partition coefficient (Wildman–Crippen LogP) is 3.46. The zero-order chi connectivity index (χ0) is 12.5. The van der Waals surface area contributed by atoms with Crippen molar-refractivity contribution in [2.45, 2.75) is 6.92 Å². The molecular weight excluding hydrogens is 238 g/mol. The molecule has 0 fully saturated rings. The van der Waals surface area contributed by atoms with Gasteiger partial charge in [0.1, 0.15) is 0 Å². The Hall–Kier alpha value is -1.87. The number of allylic oxidation sites excluding steroid dienone is 3. The third-order valence-electron chi connectivity index (χ3n) is 1.73. The number of benzene rings is 1. The molecule has 0 unspecified atom stereocenters. The van der Waals surface area contributed by atoms with Gasteiger partial charge in [-0.15, -0.1) is 0 Å². The lowest BCUT2D eigenvalue weighted by molar-refractivity contribution is -0.140. The normalized spacial score (nSPS) is 11.6. The Labute approximate surface area is 105 Å². The predicted molar refractivity (Wildman–Crippen MR) is 69.9 cm³/mol. The molecule has 0 radical (unpaired) electrons. The second-order valence-electron chi connectivity index (χ2n) is 3.10. The first kappa shape index (κ1) is 13.2. The molecule has 0 aromatic heterocycles. The summed E-state index contributed by atoms with van der Waals surface area (Å²) >= 11 is 5.96. The van der Waals surface area contributed by atoms with E-state index in [4.69, 9.17) is 11.6 Å². The smallest absolute Gasteiger partial charge is 0.319 e. The number of rotatable bonds is 4. The van der Waals surface area contributed by atoms with Gasteiger partial charge in [-0.3, -0.25) is 0 Å². The quantitative estimate of drug-likeness (QED) is 0.355. The zero-order valence-electron chi connectivity index (χ0n) is 9.34. The zero-order valence-corrected chi connectivity index (χ0v) is 10.1. The highest BCUT2D eigenvalue weighted by atomic mass is 35.5. The Morgan fingerprint density at radius 2 is 2.06 bits per heavy atom. The van der Waals surface area contributed by atoms with E-state index in [2.05, 4.69) is 9.99 Å². The summed E-state index contributed by atoms with van der Waals surface area (Å²) in [6.07, 6.45) is 8.49. The molecule has 1 aromatic rings. The van der Waals surface area contributed by atoms with E-state index in [0.29, 0.717) is 5.02 Å². The Balaban J connectivity index is 2.45. The molecule has 0 atom stereocenters. The molecule has 0 heterocycles. The van der Waals surface area contributed by atoms with E-state index in [0.717, 1.165) is 5.56 Å². The van der Waals surface area contributed by atoms with Crippen molar-refractivity contribution in [2.24, 2.45) is 5.16 Å². The number of hydrogen-bond acceptors (Lipinski definition) is 3. The van der Waals surface area contributed by atoms with Crippen LogP contribution in [-0.4, -0.2) is 12.2 Å². The van der Waals surface area contributed by atoms with Crippen LogP contribution in [0.4, 0.5) is 0 Å². The molecule has 0 aliphatic carbocycles. The minimum Gasteiger partial charge on any atom is -0.319 e. The van der Waals surface area contributed by atoms with Gasteiger partial charge in [-0.05, 0) is 17.7 Å². The molecule has 17 heavy (non-hydrogen) atoms. The summed E-state index contributed by atoms with van der Waals surface area (Å²) in [6, 6.07) is 7.53. The van der Waals surface area contributed by atoms with Crippen LogP contribution in [0.15, 0.2) is 47.6 Å². The standard InChI is InChI=1S/C13H12ClNO2/c1-11(16)17-15-10-6-2-3-7-12-8-4-5-9-13(12)14/h2-10H,1H3/b6-2-,7-3+,15-10+. The number of carbonyl (C=O) groups excluding carboxylic acids is 1. The summed E-state index contributed by atoms with van der Waals surface area (Å²) in [6.45, 7) is 1.29. The minimum absolute atomic E-state index is 0.443. The molecule has 1 rings (SSSR count). The molecule has 0 bridgehead atoms. The highest BCUT2D eigenvalue weighted by Crippen LogP contribution is 2.15. The van der Waals surface area contributed by atoms with Crippen molar-refractivity contribution in [3.8, 4) is 0 Å². The van der Waals surface area contributed by atoms with Crippen molar-refractivity contribution >= 4 is 29.9 Å². The van der Waals surface area contributed by atoms with Crippen molar-refractivity contribution in [2.75, 3.05) is 0 Å². The average molecular weight is 250 g/mol. The van der Waals surface area contributed by atoms with Crippen LogP contribution in [0.25, 0.3) is 6.08 Å².